The van der Waals surface area contributed by atoms with Gasteiger partial charge in [0.05, 0.1) is 12.1 Å². The summed E-state index contributed by atoms with van der Waals surface area (Å²) in [5.74, 6) is 0.516. The number of H-pyrrole nitrogens is 1. The molecule has 17 heavy (non-hydrogen) atoms. The Bertz CT molecular complexity index is 607. The molecule has 0 saturated heterocycles. The third kappa shape index (κ3) is 2.68. The molecular weight excluding hydrogens is 244 g/mol. The molecule has 0 spiro atoms. The molecule has 0 fully saturated rings. The quantitative estimate of drug-likeness (QED) is 0.653. The summed E-state index contributed by atoms with van der Waals surface area (Å²) < 4.78 is 24.6. The van der Waals surface area contributed by atoms with Crippen molar-refractivity contribution in [2.24, 2.45) is 0 Å². The Morgan fingerprint density at radius 2 is 2.18 bits per heavy atom. The highest BCUT2D eigenvalue weighted by Crippen LogP contribution is 2.13. The van der Waals surface area contributed by atoms with Crippen LogP contribution in [0.1, 0.15) is 0 Å². The first-order chi connectivity index (χ1) is 8.12. The highest BCUT2D eigenvalue weighted by Gasteiger charge is 2.08. The third-order valence-electron chi connectivity index (χ3n) is 2.20. The number of aromatic amines is 1. The first-order valence-corrected chi connectivity index (χ1v) is 6.57. The Morgan fingerprint density at radius 3 is 2.94 bits per heavy atom. The molecular formula is C8H12N6O2S. The minimum atomic E-state index is -3.21. The summed E-state index contributed by atoms with van der Waals surface area (Å²) in [7, 11) is -1.83. The minimum Gasteiger partial charge on any atom is -0.367 e. The number of nitrogens with one attached hydrogen (secondary N) is 3. The van der Waals surface area contributed by atoms with Crippen LogP contribution < -0.4 is 10.0 Å². The fraction of sp³-hybridized carbons (Fsp3) is 0.375. The number of fused-ring (bicyclic) bond motifs is 1. The Hall–Kier alpha value is -1.74. The zero-order valence-electron chi connectivity index (χ0n) is 9.14. The lowest BCUT2D eigenvalue weighted by atomic mass is 10.5. The van der Waals surface area contributed by atoms with Crippen LogP contribution in [0, 0.1) is 0 Å². The topological polar surface area (TPSA) is 113 Å². The van der Waals surface area contributed by atoms with Crippen molar-refractivity contribution in [2.75, 3.05) is 24.7 Å². The van der Waals surface area contributed by atoms with E-state index in [2.05, 4.69) is 30.0 Å². The van der Waals surface area contributed by atoms with Crippen LogP contribution >= 0.6 is 0 Å². The number of hydrogen-bond donors (Lipinski definition) is 3. The summed E-state index contributed by atoms with van der Waals surface area (Å²) in [6, 6.07) is 0. The molecule has 0 aliphatic rings. The maximum atomic E-state index is 11.2. The predicted octanol–water partition coefficient (Wildman–Crippen LogP) is -0.686. The van der Waals surface area contributed by atoms with Gasteiger partial charge in [-0.3, -0.25) is 0 Å². The second-order valence-corrected chi connectivity index (χ2v) is 5.32. The van der Waals surface area contributed by atoms with Gasteiger partial charge in [-0.2, -0.15) is 0 Å². The van der Waals surface area contributed by atoms with Crippen molar-refractivity contribution in [1.29, 1.82) is 0 Å². The van der Waals surface area contributed by atoms with Crippen molar-refractivity contribution in [3.8, 4) is 0 Å². The molecule has 2 heterocycles. The van der Waals surface area contributed by atoms with Crippen LogP contribution in [0.2, 0.25) is 0 Å². The Morgan fingerprint density at radius 1 is 1.35 bits per heavy atom. The lowest BCUT2D eigenvalue weighted by Gasteiger charge is -2.05. The van der Waals surface area contributed by atoms with Gasteiger partial charge in [-0.25, -0.2) is 28.1 Å². The Kier molecular flexibility index (Phi) is 3.20. The fourth-order valence-electron chi connectivity index (χ4n) is 1.30. The molecule has 0 aromatic carbocycles. The Balaban J connectivity index is 2.07. The van der Waals surface area contributed by atoms with Gasteiger partial charge in [0.1, 0.15) is 11.8 Å². The minimum absolute atomic E-state index is 0.0247. The molecule has 0 atom stereocenters. The van der Waals surface area contributed by atoms with E-state index in [1.54, 1.807) is 0 Å². The largest absolute Gasteiger partial charge is 0.367 e. The molecule has 0 saturated carbocycles. The van der Waals surface area contributed by atoms with Crippen LogP contribution in [-0.2, 0) is 10.0 Å². The molecule has 2 aromatic rings. The van der Waals surface area contributed by atoms with Gasteiger partial charge in [0, 0.05) is 6.54 Å². The van der Waals surface area contributed by atoms with Gasteiger partial charge >= 0.3 is 0 Å². The summed E-state index contributed by atoms with van der Waals surface area (Å²) in [5.41, 5.74) is 1.20. The van der Waals surface area contributed by atoms with Crippen LogP contribution in [0.4, 0.5) is 5.82 Å². The first kappa shape index (κ1) is 11.7. The normalized spacial score (nSPS) is 11.8. The maximum absolute atomic E-state index is 11.2. The summed E-state index contributed by atoms with van der Waals surface area (Å²) in [6.07, 6.45) is 2.88. The smallest absolute Gasteiger partial charge is 0.213 e. The van der Waals surface area contributed by atoms with Gasteiger partial charge in [-0.05, 0) is 7.05 Å². The third-order valence-corrected chi connectivity index (χ3v) is 3.56. The molecule has 0 unspecified atom stereocenters. The number of anilines is 1. The Labute approximate surface area is 97.9 Å². The molecule has 8 nitrogen and oxygen atoms in total. The van der Waals surface area contributed by atoms with Crippen molar-refractivity contribution in [3.05, 3.63) is 12.7 Å². The van der Waals surface area contributed by atoms with Crippen molar-refractivity contribution in [1.82, 2.24) is 24.7 Å². The number of hydrogen-bond acceptors (Lipinski definition) is 6. The maximum Gasteiger partial charge on any atom is 0.213 e. The lowest BCUT2D eigenvalue weighted by molar-refractivity contribution is 0.588. The molecule has 0 amide bonds. The van der Waals surface area contributed by atoms with E-state index >= 15 is 0 Å². The average Bonchev–Trinajstić information content (AvgIpc) is 2.78. The van der Waals surface area contributed by atoms with E-state index in [-0.39, 0.29) is 12.3 Å². The molecule has 9 heteroatoms. The fourth-order valence-corrected chi connectivity index (χ4v) is 1.88. The van der Waals surface area contributed by atoms with Crippen LogP contribution in [0.25, 0.3) is 11.2 Å². The van der Waals surface area contributed by atoms with E-state index in [1.165, 1.54) is 19.7 Å². The number of sulfonamides is 1. The van der Waals surface area contributed by atoms with E-state index < -0.39 is 10.0 Å². The van der Waals surface area contributed by atoms with Gasteiger partial charge < -0.3 is 10.3 Å². The highest BCUT2D eigenvalue weighted by atomic mass is 32.2. The van der Waals surface area contributed by atoms with Crippen molar-refractivity contribution in [3.63, 3.8) is 0 Å². The van der Waals surface area contributed by atoms with Crippen molar-refractivity contribution < 1.29 is 8.42 Å². The molecule has 92 valence electrons. The zero-order valence-corrected chi connectivity index (χ0v) is 9.95. The van der Waals surface area contributed by atoms with Gasteiger partial charge in [0.15, 0.2) is 11.5 Å². The molecule has 3 N–H and O–H groups in total. The summed E-state index contributed by atoms with van der Waals surface area (Å²) in [4.78, 5) is 14.8. The van der Waals surface area contributed by atoms with Crippen LogP contribution in [-0.4, -0.2) is 47.7 Å². The summed E-state index contributed by atoms with van der Waals surface area (Å²) >= 11 is 0. The van der Waals surface area contributed by atoms with Crippen molar-refractivity contribution in [2.45, 2.75) is 0 Å². The molecule has 0 bridgehead atoms. The predicted molar refractivity (Wildman–Crippen MR) is 63.0 cm³/mol. The first-order valence-electron chi connectivity index (χ1n) is 4.91. The zero-order chi connectivity index (χ0) is 12.3. The molecule has 0 aliphatic heterocycles. The van der Waals surface area contributed by atoms with Crippen molar-refractivity contribution >= 4 is 27.0 Å². The number of imidazole rings is 1. The number of nitrogens with zero attached hydrogens (tertiary/aromatic N) is 3. The van der Waals surface area contributed by atoms with Crippen LogP contribution in [0.3, 0.4) is 0 Å². The number of rotatable bonds is 5. The number of aromatic nitrogens is 4. The van der Waals surface area contributed by atoms with Gasteiger partial charge in [0.25, 0.3) is 0 Å². The standard InChI is InChI=1S/C8H12N6O2S/c1-9-17(15,16)3-2-10-7-6-8(12-4-11-6)14-5-13-7/h4-5,9H,2-3H2,1H3,(H2,10,11,12,13,14). The monoisotopic (exact) mass is 256 g/mol. The highest BCUT2D eigenvalue weighted by molar-refractivity contribution is 7.89. The van der Waals surface area contributed by atoms with Crippen LogP contribution in [0.15, 0.2) is 12.7 Å². The van der Waals surface area contributed by atoms with E-state index in [0.29, 0.717) is 17.0 Å². The van der Waals surface area contributed by atoms with E-state index in [0.717, 1.165) is 0 Å². The van der Waals surface area contributed by atoms with E-state index in [1.807, 2.05) is 0 Å². The SMILES string of the molecule is CNS(=O)(=O)CCNc1ncnc2nc[nH]c12. The molecule has 2 rings (SSSR count). The lowest BCUT2D eigenvalue weighted by Crippen LogP contribution is -2.26. The summed E-state index contributed by atoms with van der Waals surface area (Å²) in [6.45, 7) is 0.258. The second-order valence-electron chi connectivity index (χ2n) is 3.27. The summed E-state index contributed by atoms with van der Waals surface area (Å²) in [5, 5.41) is 2.92. The van der Waals surface area contributed by atoms with Crippen LogP contribution in [0.5, 0.6) is 0 Å². The average molecular weight is 256 g/mol. The molecule has 2 aromatic heterocycles. The van der Waals surface area contributed by atoms with Gasteiger partial charge in [-0.15, -0.1) is 0 Å². The van der Waals surface area contributed by atoms with Gasteiger partial charge in [-0.1, -0.05) is 0 Å². The molecule has 0 aliphatic carbocycles. The van der Waals surface area contributed by atoms with E-state index in [4.69, 9.17) is 0 Å². The van der Waals surface area contributed by atoms with E-state index in [9.17, 15) is 8.42 Å². The molecule has 0 radical (unpaired) electrons. The second kappa shape index (κ2) is 4.63. The van der Waals surface area contributed by atoms with Gasteiger partial charge in [0.2, 0.25) is 10.0 Å².